The summed E-state index contributed by atoms with van der Waals surface area (Å²) in [5, 5.41) is 3.03. The monoisotopic (exact) mass is 454 g/mol. The fourth-order valence-corrected chi connectivity index (χ4v) is 5.86. The molecular formula is C24H23ClN2O3S. The van der Waals surface area contributed by atoms with Gasteiger partial charge in [0.05, 0.1) is 10.9 Å². The fourth-order valence-electron chi connectivity index (χ4n) is 3.85. The summed E-state index contributed by atoms with van der Waals surface area (Å²) in [5.41, 5.74) is 2.10. The summed E-state index contributed by atoms with van der Waals surface area (Å²) in [4.78, 5) is 13.3. The molecule has 160 valence electrons. The van der Waals surface area contributed by atoms with Gasteiger partial charge < -0.3 is 5.32 Å². The van der Waals surface area contributed by atoms with Gasteiger partial charge in [0.2, 0.25) is 15.9 Å². The average Bonchev–Trinajstić information content (AvgIpc) is 3.33. The highest BCUT2D eigenvalue weighted by molar-refractivity contribution is 7.89. The number of nitrogens with one attached hydrogen (secondary N) is 1. The van der Waals surface area contributed by atoms with Gasteiger partial charge in [-0.15, -0.1) is 0 Å². The van der Waals surface area contributed by atoms with E-state index in [1.807, 2.05) is 60.7 Å². The molecule has 1 heterocycles. The molecule has 1 aliphatic rings. The molecule has 0 unspecified atom stereocenters. The Morgan fingerprint density at radius 3 is 1.97 bits per heavy atom. The Labute approximate surface area is 187 Å². The molecule has 0 atom stereocenters. The van der Waals surface area contributed by atoms with Crippen molar-refractivity contribution >= 4 is 33.2 Å². The molecule has 0 bridgehead atoms. The van der Waals surface area contributed by atoms with Crippen LogP contribution in [-0.4, -0.2) is 31.7 Å². The molecule has 4 rings (SSSR count). The van der Waals surface area contributed by atoms with Crippen LogP contribution in [0.1, 0.15) is 29.9 Å². The van der Waals surface area contributed by atoms with Crippen LogP contribution < -0.4 is 5.32 Å². The second kappa shape index (κ2) is 9.22. The van der Waals surface area contributed by atoms with Crippen molar-refractivity contribution in [1.82, 2.24) is 4.31 Å². The lowest BCUT2D eigenvalue weighted by atomic mass is 9.90. The SMILES string of the molecule is O=C(Nc1ccc(Cl)c(S(=O)(=O)N2CCCC2)c1)C(c1ccccc1)c1ccccc1. The first-order valence-corrected chi connectivity index (χ1v) is 12.0. The summed E-state index contributed by atoms with van der Waals surface area (Å²) < 4.78 is 27.4. The number of amides is 1. The summed E-state index contributed by atoms with van der Waals surface area (Å²) in [5.74, 6) is -0.777. The van der Waals surface area contributed by atoms with E-state index in [0.717, 1.165) is 24.0 Å². The number of nitrogens with zero attached hydrogens (tertiary/aromatic N) is 1. The third-order valence-corrected chi connectivity index (χ3v) is 7.79. The summed E-state index contributed by atoms with van der Waals surface area (Å²) in [6.07, 6.45) is 1.67. The van der Waals surface area contributed by atoms with Gasteiger partial charge >= 0.3 is 0 Å². The van der Waals surface area contributed by atoms with E-state index in [2.05, 4.69) is 5.32 Å². The minimum atomic E-state index is -3.70. The molecule has 1 N–H and O–H groups in total. The molecule has 1 saturated heterocycles. The number of carbonyl (C=O) groups excluding carboxylic acids is 1. The van der Waals surface area contributed by atoms with E-state index in [0.29, 0.717) is 18.8 Å². The Bertz CT molecular complexity index is 1120. The Morgan fingerprint density at radius 2 is 1.42 bits per heavy atom. The van der Waals surface area contributed by atoms with E-state index in [4.69, 9.17) is 11.6 Å². The molecule has 3 aromatic rings. The zero-order valence-electron chi connectivity index (χ0n) is 16.9. The highest BCUT2D eigenvalue weighted by Crippen LogP contribution is 2.31. The van der Waals surface area contributed by atoms with E-state index in [-0.39, 0.29) is 15.8 Å². The van der Waals surface area contributed by atoms with Gasteiger partial charge in [0.15, 0.2) is 0 Å². The maximum absolute atomic E-state index is 13.3. The molecule has 1 amide bonds. The highest BCUT2D eigenvalue weighted by atomic mass is 35.5. The molecule has 7 heteroatoms. The van der Waals surface area contributed by atoms with E-state index in [1.54, 1.807) is 6.07 Å². The van der Waals surface area contributed by atoms with Crippen molar-refractivity contribution in [3.8, 4) is 0 Å². The molecule has 0 aliphatic carbocycles. The van der Waals surface area contributed by atoms with Gasteiger partial charge in [-0.1, -0.05) is 72.3 Å². The topological polar surface area (TPSA) is 66.5 Å². The number of anilines is 1. The largest absolute Gasteiger partial charge is 0.325 e. The van der Waals surface area contributed by atoms with Gasteiger partial charge in [0.1, 0.15) is 4.90 Å². The van der Waals surface area contributed by atoms with Gasteiger partial charge in [0, 0.05) is 18.8 Å². The normalized spacial score (nSPS) is 14.6. The first kappa shape index (κ1) is 21.6. The van der Waals surface area contributed by atoms with Crippen LogP contribution in [0.15, 0.2) is 83.8 Å². The Balaban J connectivity index is 1.65. The van der Waals surface area contributed by atoms with E-state index >= 15 is 0 Å². The summed E-state index contributed by atoms with van der Waals surface area (Å²) in [6, 6.07) is 23.6. The first-order chi connectivity index (χ1) is 15.0. The van der Waals surface area contributed by atoms with Gasteiger partial charge in [0.25, 0.3) is 0 Å². The second-order valence-corrected chi connectivity index (χ2v) is 9.81. The van der Waals surface area contributed by atoms with E-state index < -0.39 is 15.9 Å². The van der Waals surface area contributed by atoms with E-state index in [1.165, 1.54) is 16.4 Å². The number of benzene rings is 3. The van der Waals surface area contributed by atoms with Crippen LogP contribution >= 0.6 is 11.6 Å². The standard InChI is InChI=1S/C24H23ClN2O3S/c25-21-14-13-20(17-22(21)31(29,30)27-15-7-8-16-27)26-24(28)23(18-9-3-1-4-10-18)19-11-5-2-6-12-19/h1-6,9-14,17,23H,7-8,15-16H2,(H,26,28). The molecule has 5 nitrogen and oxygen atoms in total. The Kier molecular flexibility index (Phi) is 6.41. The molecular weight excluding hydrogens is 432 g/mol. The van der Waals surface area contributed by atoms with Crippen LogP contribution in [0.3, 0.4) is 0 Å². The van der Waals surface area contributed by atoms with Crippen molar-refractivity contribution in [3.05, 3.63) is 95.0 Å². The predicted octanol–water partition coefficient (Wildman–Crippen LogP) is 4.90. The van der Waals surface area contributed by atoms with Crippen molar-refractivity contribution in [1.29, 1.82) is 0 Å². The third-order valence-electron chi connectivity index (χ3n) is 5.41. The lowest BCUT2D eigenvalue weighted by Gasteiger charge is -2.20. The van der Waals surface area contributed by atoms with Crippen LogP contribution in [0.5, 0.6) is 0 Å². The fraction of sp³-hybridized carbons (Fsp3) is 0.208. The molecule has 3 aromatic carbocycles. The molecule has 0 aromatic heterocycles. The lowest BCUT2D eigenvalue weighted by molar-refractivity contribution is -0.116. The van der Waals surface area contributed by atoms with E-state index in [9.17, 15) is 13.2 Å². The molecule has 1 fully saturated rings. The minimum Gasteiger partial charge on any atom is -0.325 e. The molecule has 0 spiro atoms. The zero-order valence-corrected chi connectivity index (χ0v) is 18.4. The quantitative estimate of drug-likeness (QED) is 0.576. The number of carbonyl (C=O) groups is 1. The number of rotatable bonds is 6. The second-order valence-electron chi connectivity index (χ2n) is 7.50. The number of sulfonamides is 1. The number of hydrogen-bond donors (Lipinski definition) is 1. The van der Waals surface area contributed by atoms with Crippen molar-refractivity contribution in [2.75, 3.05) is 18.4 Å². The number of hydrogen-bond acceptors (Lipinski definition) is 3. The van der Waals surface area contributed by atoms with Crippen LogP contribution in [0, 0.1) is 0 Å². The number of halogens is 1. The summed E-state index contributed by atoms with van der Waals surface area (Å²) in [7, 11) is -3.70. The van der Waals surface area contributed by atoms with Gasteiger partial charge in [-0.25, -0.2) is 8.42 Å². The predicted molar refractivity (Wildman–Crippen MR) is 123 cm³/mol. The third kappa shape index (κ3) is 4.66. The van der Waals surface area contributed by atoms with Crippen molar-refractivity contribution in [3.63, 3.8) is 0 Å². The van der Waals surface area contributed by atoms with Crippen LogP contribution in [0.4, 0.5) is 5.69 Å². The smallest absolute Gasteiger partial charge is 0.244 e. The van der Waals surface area contributed by atoms with Gasteiger partial charge in [-0.05, 0) is 42.2 Å². The average molecular weight is 455 g/mol. The minimum absolute atomic E-state index is 0.0184. The summed E-state index contributed by atoms with van der Waals surface area (Å²) >= 11 is 6.23. The van der Waals surface area contributed by atoms with Crippen molar-refractivity contribution in [2.24, 2.45) is 0 Å². The first-order valence-electron chi connectivity index (χ1n) is 10.2. The lowest BCUT2D eigenvalue weighted by Crippen LogP contribution is -2.28. The maximum atomic E-state index is 13.3. The van der Waals surface area contributed by atoms with Crippen LogP contribution in [0.25, 0.3) is 0 Å². The highest BCUT2D eigenvalue weighted by Gasteiger charge is 2.30. The van der Waals surface area contributed by atoms with Crippen LogP contribution in [-0.2, 0) is 14.8 Å². The zero-order chi connectivity index (χ0) is 21.8. The van der Waals surface area contributed by atoms with Crippen LogP contribution in [0.2, 0.25) is 5.02 Å². The Morgan fingerprint density at radius 1 is 0.871 bits per heavy atom. The van der Waals surface area contributed by atoms with Crippen molar-refractivity contribution in [2.45, 2.75) is 23.7 Å². The van der Waals surface area contributed by atoms with Gasteiger partial charge in [-0.2, -0.15) is 4.31 Å². The maximum Gasteiger partial charge on any atom is 0.244 e. The van der Waals surface area contributed by atoms with Gasteiger partial charge in [-0.3, -0.25) is 4.79 Å². The molecule has 0 saturated carbocycles. The van der Waals surface area contributed by atoms with Crippen molar-refractivity contribution < 1.29 is 13.2 Å². The Hall–Kier alpha value is -2.67. The summed E-state index contributed by atoms with van der Waals surface area (Å²) in [6.45, 7) is 0.971. The molecule has 31 heavy (non-hydrogen) atoms. The molecule has 1 aliphatic heterocycles. The molecule has 0 radical (unpaired) electrons.